The van der Waals surface area contributed by atoms with Crippen LogP contribution in [0.1, 0.15) is 64.2 Å². The van der Waals surface area contributed by atoms with Gasteiger partial charge in [-0.2, -0.15) is 0 Å². The lowest BCUT2D eigenvalue weighted by Gasteiger charge is -2.12. The summed E-state index contributed by atoms with van der Waals surface area (Å²) >= 11 is 0. The Morgan fingerprint density at radius 1 is 1.00 bits per heavy atom. The maximum Gasteiger partial charge on any atom is 0.308 e. The Balaban J connectivity index is 2.42. The summed E-state index contributed by atoms with van der Waals surface area (Å²) in [5.41, 5.74) is 0. The van der Waals surface area contributed by atoms with Gasteiger partial charge >= 0.3 is 5.97 Å². The van der Waals surface area contributed by atoms with E-state index < -0.39 is 0 Å². The molecule has 0 aromatic rings. The molecule has 1 unspecified atom stereocenters. The summed E-state index contributed by atoms with van der Waals surface area (Å²) in [6, 6.07) is 0. The fourth-order valence-corrected chi connectivity index (χ4v) is 2.41. The van der Waals surface area contributed by atoms with Crippen LogP contribution in [0, 0.1) is 5.92 Å². The van der Waals surface area contributed by atoms with Crippen LogP contribution in [0.2, 0.25) is 0 Å². The predicted molar refractivity (Wildman–Crippen MR) is 70.8 cm³/mol. The second-order valence-corrected chi connectivity index (χ2v) is 4.98. The van der Waals surface area contributed by atoms with Crippen molar-refractivity contribution in [2.75, 3.05) is 7.11 Å². The van der Waals surface area contributed by atoms with Gasteiger partial charge in [-0.05, 0) is 25.7 Å². The monoisotopic (exact) mass is 238 g/mol. The molecule has 0 saturated heterocycles. The van der Waals surface area contributed by atoms with E-state index in [2.05, 4.69) is 12.2 Å². The van der Waals surface area contributed by atoms with Crippen molar-refractivity contribution in [3.63, 3.8) is 0 Å². The highest BCUT2D eigenvalue weighted by Crippen LogP contribution is 2.18. The van der Waals surface area contributed by atoms with E-state index in [-0.39, 0.29) is 11.9 Å². The van der Waals surface area contributed by atoms with Crippen LogP contribution in [-0.2, 0) is 9.53 Å². The van der Waals surface area contributed by atoms with Crippen LogP contribution >= 0.6 is 0 Å². The van der Waals surface area contributed by atoms with Gasteiger partial charge < -0.3 is 4.74 Å². The quantitative estimate of drug-likeness (QED) is 0.504. The lowest BCUT2D eigenvalue weighted by molar-refractivity contribution is -0.145. The zero-order chi connectivity index (χ0) is 12.3. The highest BCUT2D eigenvalue weighted by Gasteiger charge is 2.16. The summed E-state index contributed by atoms with van der Waals surface area (Å²) in [7, 11) is 1.49. The number of carbonyl (C=O) groups excluding carboxylic acids is 1. The Bertz CT molecular complexity index is 233. The molecule has 0 amide bonds. The molecule has 0 radical (unpaired) electrons. The smallest absolute Gasteiger partial charge is 0.308 e. The molecule has 0 spiro atoms. The zero-order valence-corrected chi connectivity index (χ0v) is 11.1. The number of esters is 1. The first-order valence-corrected chi connectivity index (χ1v) is 7.07. The molecule has 0 bridgehead atoms. The van der Waals surface area contributed by atoms with Crippen molar-refractivity contribution in [2.24, 2.45) is 5.92 Å². The number of hydrogen-bond donors (Lipinski definition) is 0. The standard InChI is InChI=1S/C15H26O2/c1-17-15(16)14-12-10-8-6-4-2-3-5-7-9-11-13-14/h8,10,14H,2-7,9,11-13H2,1H3/b10-8-. The largest absolute Gasteiger partial charge is 0.469 e. The lowest BCUT2D eigenvalue weighted by atomic mass is 9.97. The Hall–Kier alpha value is -0.790. The average molecular weight is 238 g/mol. The zero-order valence-electron chi connectivity index (χ0n) is 11.1. The van der Waals surface area contributed by atoms with Crippen LogP contribution < -0.4 is 0 Å². The summed E-state index contributed by atoms with van der Waals surface area (Å²) < 4.78 is 4.87. The van der Waals surface area contributed by atoms with E-state index in [0.717, 1.165) is 25.7 Å². The summed E-state index contributed by atoms with van der Waals surface area (Å²) in [6.07, 6.45) is 16.5. The minimum absolute atomic E-state index is 0.0375. The van der Waals surface area contributed by atoms with Crippen molar-refractivity contribution in [1.29, 1.82) is 0 Å². The van der Waals surface area contributed by atoms with Crippen molar-refractivity contribution in [3.8, 4) is 0 Å². The number of hydrogen-bond acceptors (Lipinski definition) is 2. The molecule has 0 saturated carbocycles. The summed E-state index contributed by atoms with van der Waals surface area (Å²) in [5.74, 6) is 0.0431. The number of rotatable bonds is 1. The van der Waals surface area contributed by atoms with Crippen molar-refractivity contribution < 1.29 is 9.53 Å². The van der Waals surface area contributed by atoms with Crippen LogP contribution in [0.15, 0.2) is 12.2 Å². The van der Waals surface area contributed by atoms with Gasteiger partial charge in [0.2, 0.25) is 0 Å². The average Bonchev–Trinajstić information content (AvgIpc) is 2.38. The van der Waals surface area contributed by atoms with Gasteiger partial charge in [0.05, 0.1) is 13.0 Å². The first-order chi connectivity index (χ1) is 8.34. The Morgan fingerprint density at radius 2 is 1.65 bits per heavy atom. The van der Waals surface area contributed by atoms with Gasteiger partial charge in [0.25, 0.3) is 0 Å². The number of carbonyl (C=O) groups is 1. The van der Waals surface area contributed by atoms with E-state index in [1.807, 2.05) is 0 Å². The molecule has 1 atom stereocenters. The maximum atomic E-state index is 11.6. The molecular weight excluding hydrogens is 212 g/mol. The van der Waals surface area contributed by atoms with Crippen molar-refractivity contribution in [1.82, 2.24) is 0 Å². The van der Waals surface area contributed by atoms with E-state index in [0.29, 0.717) is 0 Å². The molecule has 0 heterocycles. The molecule has 0 aliphatic heterocycles. The third kappa shape index (κ3) is 6.50. The van der Waals surface area contributed by atoms with E-state index in [1.54, 1.807) is 0 Å². The first kappa shape index (κ1) is 14.3. The Kier molecular flexibility index (Phi) is 7.78. The lowest BCUT2D eigenvalue weighted by Crippen LogP contribution is -2.15. The SMILES string of the molecule is COC(=O)C1C/C=C\CCCCCCCCC1. The fourth-order valence-electron chi connectivity index (χ4n) is 2.41. The van der Waals surface area contributed by atoms with Crippen LogP contribution in [0.25, 0.3) is 0 Å². The summed E-state index contributed by atoms with van der Waals surface area (Å²) in [6.45, 7) is 0. The third-order valence-corrected chi connectivity index (χ3v) is 3.55. The van der Waals surface area contributed by atoms with Gasteiger partial charge in [-0.15, -0.1) is 0 Å². The molecule has 2 nitrogen and oxygen atoms in total. The second kappa shape index (κ2) is 9.26. The van der Waals surface area contributed by atoms with E-state index in [9.17, 15) is 4.79 Å². The molecule has 98 valence electrons. The molecule has 2 heteroatoms. The van der Waals surface area contributed by atoms with Gasteiger partial charge in [0, 0.05) is 0 Å². The highest BCUT2D eigenvalue weighted by atomic mass is 16.5. The normalized spacial score (nSPS) is 26.1. The molecule has 0 N–H and O–H groups in total. The molecule has 0 aromatic heterocycles. The predicted octanol–water partition coefficient (Wildman–Crippen LogP) is 4.25. The van der Waals surface area contributed by atoms with Crippen LogP contribution in [0.4, 0.5) is 0 Å². The van der Waals surface area contributed by atoms with Crippen LogP contribution in [-0.4, -0.2) is 13.1 Å². The summed E-state index contributed by atoms with van der Waals surface area (Å²) in [5, 5.41) is 0. The highest BCUT2D eigenvalue weighted by molar-refractivity contribution is 5.72. The Labute approximate surface area is 105 Å². The van der Waals surface area contributed by atoms with E-state index in [4.69, 9.17) is 4.74 Å². The maximum absolute atomic E-state index is 11.6. The third-order valence-electron chi connectivity index (χ3n) is 3.55. The van der Waals surface area contributed by atoms with Crippen molar-refractivity contribution >= 4 is 5.97 Å². The second-order valence-electron chi connectivity index (χ2n) is 4.98. The van der Waals surface area contributed by atoms with Gasteiger partial charge in [-0.25, -0.2) is 0 Å². The van der Waals surface area contributed by atoms with Crippen LogP contribution in [0.5, 0.6) is 0 Å². The van der Waals surface area contributed by atoms with Gasteiger partial charge in [0.1, 0.15) is 0 Å². The molecule has 0 aromatic carbocycles. The molecular formula is C15H26O2. The molecule has 1 aliphatic rings. The van der Waals surface area contributed by atoms with Crippen molar-refractivity contribution in [3.05, 3.63) is 12.2 Å². The topological polar surface area (TPSA) is 26.3 Å². The molecule has 1 rings (SSSR count). The van der Waals surface area contributed by atoms with E-state index >= 15 is 0 Å². The number of allylic oxidation sites excluding steroid dienone is 2. The van der Waals surface area contributed by atoms with Crippen molar-refractivity contribution in [2.45, 2.75) is 64.2 Å². The molecule has 17 heavy (non-hydrogen) atoms. The molecule has 1 aliphatic carbocycles. The molecule has 0 fully saturated rings. The fraction of sp³-hybridized carbons (Fsp3) is 0.800. The van der Waals surface area contributed by atoms with Gasteiger partial charge in [-0.3, -0.25) is 4.79 Å². The number of ether oxygens (including phenoxy) is 1. The van der Waals surface area contributed by atoms with Gasteiger partial charge in [0.15, 0.2) is 0 Å². The number of methoxy groups -OCH3 is 1. The van der Waals surface area contributed by atoms with Gasteiger partial charge in [-0.1, -0.05) is 50.7 Å². The Morgan fingerprint density at radius 3 is 2.35 bits per heavy atom. The van der Waals surface area contributed by atoms with Crippen LogP contribution in [0.3, 0.4) is 0 Å². The summed E-state index contributed by atoms with van der Waals surface area (Å²) in [4.78, 5) is 11.6. The minimum Gasteiger partial charge on any atom is -0.469 e. The first-order valence-electron chi connectivity index (χ1n) is 7.07. The van der Waals surface area contributed by atoms with E-state index in [1.165, 1.54) is 45.6 Å². The minimum atomic E-state index is -0.0375.